The Morgan fingerprint density at radius 3 is 2.21 bits per heavy atom. The molecule has 0 spiro atoms. The highest BCUT2D eigenvalue weighted by molar-refractivity contribution is 7.99. The van der Waals surface area contributed by atoms with Crippen molar-refractivity contribution in [3.8, 4) is 0 Å². The van der Waals surface area contributed by atoms with Crippen molar-refractivity contribution in [3.63, 3.8) is 0 Å². The number of ether oxygens (including phenoxy) is 1. The average Bonchev–Trinajstić information content (AvgIpc) is 3.31. The highest BCUT2D eigenvalue weighted by atomic mass is 35.5. The molecule has 2 heterocycles. The minimum absolute atomic E-state index is 0.278. The van der Waals surface area contributed by atoms with Gasteiger partial charge in [-0.05, 0) is 60.0 Å². The molecule has 0 aliphatic carbocycles. The number of nitrogens with zero attached hydrogens (tertiary/aromatic N) is 2. The second kappa shape index (κ2) is 14.7. The maximum Gasteiger partial charge on any atom is 0.362 e. The second-order valence-corrected chi connectivity index (χ2v) is 10.6. The molecule has 2 aromatic carbocycles. The van der Waals surface area contributed by atoms with E-state index >= 15 is 0 Å². The van der Waals surface area contributed by atoms with Crippen LogP contribution < -0.4 is 10.5 Å². The average molecular weight is 621 g/mol. The third-order valence-electron chi connectivity index (χ3n) is 5.32. The van der Waals surface area contributed by atoms with Crippen LogP contribution in [0.1, 0.15) is 22.4 Å². The summed E-state index contributed by atoms with van der Waals surface area (Å²) < 4.78 is 30.6. The van der Waals surface area contributed by atoms with Crippen LogP contribution in [0, 0.1) is 6.92 Å². The molecule has 1 aromatic heterocycles. The zero-order valence-corrected chi connectivity index (χ0v) is 24.5. The summed E-state index contributed by atoms with van der Waals surface area (Å²) in [5.41, 5.74) is 2.10. The summed E-state index contributed by atoms with van der Waals surface area (Å²) in [6.07, 6.45) is 1.62. The van der Waals surface area contributed by atoms with Crippen molar-refractivity contribution in [2.75, 3.05) is 26.2 Å². The maximum atomic E-state index is 13.2. The Morgan fingerprint density at radius 2 is 1.67 bits per heavy atom. The van der Waals surface area contributed by atoms with Crippen LogP contribution in [0.5, 0.6) is 0 Å². The molecule has 7 nitrogen and oxygen atoms in total. The van der Waals surface area contributed by atoms with Crippen LogP contribution in [0.4, 0.5) is 14.5 Å². The van der Waals surface area contributed by atoms with Crippen LogP contribution in [0.2, 0.25) is 10.0 Å². The van der Waals surface area contributed by atoms with Gasteiger partial charge in [0.2, 0.25) is 12.8 Å². The van der Waals surface area contributed by atoms with Gasteiger partial charge in [-0.25, -0.2) is 0 Å². The molecular weight excluding hydrogens is 595 g/mol. The van der Waals surface area contributed by atoms with Crippen molar-refractivity contribution in [2.24, 2.45) is 0 Å². The van der Waals surface area contributed by atoms with Gasteiger partial charge in [0, 0.05) is 55.4 Å². The van der Waals surface area contributed by atoms with Crippen molar-refractivity contribution in [2.45, 2.75) is 35.2 Å². The first-order valence-corrected chi connectivity index (χ1v) is 13.1. The van der Waals surface area contributed by atoms with Crippen molar-refractivity contribution < 1.29 is 23.1 Å². The number of fused-ring (bicyclic) bond motifs is 1. The van der Waals surface area contributed by atoms with Crippen LogP contribution in [0.25, 0.3) is 0 Å². The fourth-order valence-corrected chi connectivity index (χ4v) is 5.02. The summed E-state index contributed by atoms with van der Waals surface area (Å²) in [7, 11) is 4.96. The first kappa shape index (κ1) is 32.6. The van der Waals surface area contributed by atoms with Gasteiger partial charge in [-0.1, -0.05) is 47.1 Å². The van der Waals surface area contributed by atoms with E-state index in [4.69, 9.17) is 34.8 Å². The molecule has 210 valence electrons. The van der Waals surface area contributed by atoms with Crippen molar-refractivity contribution >= 4 is 65.1 Å². The molecule has 39 heavy (non-hydrogen) atoms. The first-order valence-electron chi connectivity index (χ1n) is 11.2. The molecular formula is C26H26Cl3F2N3O4S. The Balaban J connectivity index is 0.000000259. The van der Waals surface area contributed by atoms with E-state index in [2.05, 4.69) is 9.72 Å². The SMILES string of the molecule is CN(C=O)c1ccc2c(c1)CN(C=O)C2.COC.Cc1c(Sc2c(Cl)cccc2Cl)cc(C(F)(F)Cl)[nH]c1=O. The molecule has 0 bridgehead atoms. The predicted octanol–water partition coefficient (Wildman–Crippen LogP) is 6.44. The van der Waals surface area contributed by atoms with Crippen LogP contribution >= 0.6 is 46.6 Å². The summed E-state index contributed by atoms with van der Waals surface area (Å²) in [6, 6.07) is 11.8. The highest BCUT2D eigenvalue weighted by Crippen LogP contribution is 2.40. The molecule has 0 unspecified atom stereocenters. The highest BCUT2D eigenvalue weighted by Gasteiger charge is 2.30. The topological polar surface area (TPSA) is 82.7 Å². The molecule has 0 atom stereocenters. The lowest BCUT2D eigenvalue weighted by atomic mass is 10.1. The molecule has 1 N–H and O–H groups in total. The lowest BCUT2D eigenvalue weighted by Crippen LogP contribution is -2.18. The van der Waals surface area contributed by atoms with Crippen molar-refractivity contribution in [1.29, 1.82) is 0 Å². The van der Waals surface area contributed by atoms with Gasteiger partial charge in [0.25, 0.3) is 5.56 Å². The Hall–Kier alpha value is -2.63. The maximum absolute atomic E-state index is 13.2. The minimum Gasteiger partial charge on any atom is -0.388 e. The first-order chi connectivity index (χ1) is 18.4. The molecule has 1 aliphatic heterocycles. The van der Waals surface area contributed by atoms with Gasteiger partial charge in [-0.2, -0.15) is 8.78 Å². The van der Waals surface area contributed by atoms with Crippen molar-refractivity contribution in [3.05, 3.63) is 85.2 Å². The van der Waals surface area contributed by atoms with Gasteiger partial charge in [0.1, 0.15) is 5.69 Å². The van der Waals surface area contributed by atoms with E-state index in [1.165, 1.54) is 11.8 Å². The van der Waals surface area contributed by atoms with E-state index in [9.17, 15) is 23.2 Å². The van der Waals surface area contributed by atoms with E-state index < -0.39 is 16.6 Å². The van der Waals surface area contributed by atoms with Gasteiger partial charge < -0.3 is 19.5 Å². The number of anilines is 1. The zero-order chi connectivity index (χ0) is 29.3. The number of nitrogens with one attached hydrogen (secondary N) is 1. The van der Waals surface area contributed by atoms with E-state index in [-0.39, 0.29) is 5.56 Å². The summed E-state index contributed by atoms with van der Waals surface area (Å²) in [6.45, 7) is 2.82. The lowest BCUT2D eigenvalue weighted by molar-refractivity contribution is -0.118. The molecule has 0 radical (unpaired) electrons. The van der Waals surface area contributed by atoms with Gasteiger partial charge in [0.05, 0.1) is 10.0 Å². The van der Waals surface area contributed by atoms with Crippen LogP contribution in [-0.2, 0) is 32.8 Å². The van der Waals surface area contributed by atoms with E-state index in [0.717, 1.165) is 47.5 Å². The monoisotopic (exact) mass is 619 g/mol. The Morgan fingerprint density at radius 1 is 1.08 bits per heavy atom. The minimum atomic E-state index is -3.66. The van der Waals surface area contributed by atoms with E-state index in [1.807, 2.05) is 18.2 Å². The van der Waals surface area contributed by atoms with Crippen LogP contribution in [-0.4, -0.2) is 44.0 Å². The number of H-pyrrole nitrogens is 1. The fraction of sp³-hybridized carbons (Fsp3) is 0.269. The molecule has 13 heteroatoms. The number of benzene rings is 2. The number of rotatable bonds is 6. The van der Waals surface area contributed by atoms with Crippen LogP contribution in [0.3, 0.4) is 0 Å². The number of aromatic nitrogens is 1. The summed E-state index contributed by atoms with van der Waals surface area (Å²) in [4.78, 5) is 39.0. The molecule has 0 saturated heterocycles. The molecule has 1 aliphatic rings. The van der Waals surface area contributed by atoms with Crippen molar-refractivity contribution in [1.82, 2.24) is 9.88 Å². The Kier molecular flexibility index (Phi) is 12.3. The Labute approximate surface area is 244 Å². The standard InChI is InChI=1S/C13H8Cl3F2NOS.C11H12N2O2.C2H6O/c1-6-9(5-10(13(16,17)18)19-12(6)20)21-11-7(14)3-2-4-8(11)15;1-12(7-14)11-3-2-9-5-13(8-15)6-10(9)4-11;1-3-2/h2-5H,1H3,(H,19,20);2-4,7-8H,5-6H2,1H3;1-2H3. The lowest BCUT2D eigenvalue weighted by Gasteiger charge is -2.12. The smallest absolute Gasteiger partial charge is 0.362 e. The number of hydrogen-bond acceptors (Lipinski definition) is 5. The van der Waals surface area contributed by atoms with E-state index in [1.54, 1.807) is 44.4 Å². The normalized spacial score (nSPS) is 12.0. The molecule has 0 fully saturated rings. The zero-order valence-electron chi connectivity index (χ0n) is 21.4. The molecule has 2 amide bonds. The third kappa shape index (κ3) is 8.94. The Bertz CT molecular complexity index is 1350. The number of carbonyl (C=O) groups is 2. The number of hydrogen-bond donors (Lipinski definition) is 1. The van der Waals surface area contributed by atoms with Gasteiger partial charge in [-0.15, -0.1) is 0 Å². The largest absolute Gasteiger partial charge is 0.388 e. The number of halogens is 5. The van der Waals surface area contributed by atoms with E-state index in [0.29, 0.717) is 32.9 Å². The van der Waals surface area contributed by atoms with Crippen LogP contribution in [0.15, 0.2) is 57.1 Å². The van der Waals surface area contributed by atoms with Gasteiger partial charge >= 0.3 is 5.38 Å². The molecule has 3 aromatic rings. The van der Waals surface area contributed by atoms with Gasteiger partial charge in [0.15, 0.2) is 0 Å². The number of carbonyl (C=O) groups excluding carboxylic acids is 2. The molecule has 0 saturated carbocycles. The second-order valence-electron chi connectivity index (χ2n) is 8.24. The summed E-state index contributed by atoms with van der Waals surface area (Å²) >= 11 is 18.1. The quantitative estimate of drug-likeness (QED) is 0.253. The third-order valence-corrected chi connectivity index (χ3v) is 7.67. The summed E-state index contributed by atoms with van der Waals surface area (Å²) in [5.74, 6) is 0. The number of pyridine rings is 1. The molecule has 4 rings (SSSR count). The summed E-state index contributed by atoms with van der Waals surface area (Å²) in [5, 5.41) is -2.93. The number of aromatic amines is 1. The predicted molar refractivity (Wildman–Crippen MR) is 151 cm³/mol. The fourth-order valence-electron chi connectivity index (χ4n) is 3.31. The number of alkyl halides is 3. The van der Waals surface area contributed by atoms with Gasteiger partial charge in [-0.3, -0.25) is 14.4 Å². The number of methoxy groups -OCH3 is 1. The number of amides is 2.